The molecule has 1 fully saturated rings. The highest BCUT2D eigenvalue weighted by atomic mass is 32.2. The number of hydrogen-bond donors (Lipinski definition) is 1. The summed E-state index contributed by atoms with van der Waals surface area (Å²) in [6, 6.07) is 5.38. The standard InChI is InChI=1S/C16H18N2O6S/c1-10(24-14(19)8-18-4-5-25-16(18)21)15(20)17-7-11-2-3-12-13(6-11)23-9-22-12/h2-3,6,10H,4-5,7-9H2,1H3,(H,17,20)/t10-/m0/s1. The topological polar surface area (TPSA) is 94.2 Å². The molecule has 2 aliphatic heterocycles. The molecule has 9 heteroatoms. The smallest absolute Gasteiger partial charge is 0.326 e. The van der Waals surface area contributed by atoms with Crippen LogP contribution in [0.2, 0.25) is 0 Å². The predicted molar refractivity (Wildman–Crippen MR) is 89.4 cm³/mol. The van der Waals surface area contributed by atoms with Crippen LogP contribution in [0.3, 0.4) is 0 Å². The molecule has 1 aromatic carbocycles. The molecule has 1 aromatic rings. The van der Waals surface area contributed by atoms with E-state index in [0.29, 0.717) is 23.8 Å². The molecule has 3 rings (SSSR count). The second-order valence-electron chi connectivity index (χ2n) is 5.57. The number of ether oxygens (including phenoxy) is 3. The van der Waals surface area contributed by atoms with E-state index < -0.39 is 18.0 Å². The summed E-state index contributed by atoms with van der Waals surface area (Å²) in [5, 5.41) is 2.56. The van der Waals surface area contributed by atoms with E-state index in [4.69, 9.17) is 14.2 Å². The summed E-state index contributed by atoms with van der Waals surface area (Å²) >= 11 is 1.17. The third-order valence-electron chi connectivity index (χ3n) is 3.75. The molecule has 0 spiro atoms. The third-order valence-corrected chi connectivity index (χ3v) is 4.64. The van der Waals surface area contributed by atoms with Crippen molar-refractivity contribution in [2.75, 3.05) is 25.6 Å². The SMILES string of the molecule is C[C@H](OC(=O)CN1CCSC1=O)C(=O)NCc1ccc2c(c1)OCO2. The summed E-state index contributed by atoms with van der Waals surface area (Å²) in [6.07, 6.45) is -0.938. The summed E-state index contributed by atoms with van der Waals surface area (Å²) in [5.74, 6) is 0.971. The zero-order valence-corrected chi connectivity index (χ0v) is 14.5. The van der Waals surface area contributed by atoms with Gasteiger partial charge < -0.3 is 24.4 Å². The van der Waals surface area contributed by atoms with Gasteiger partial charge in [0, 0.05) is 18.8 Å². The largest absolute Gasteiger partial charge is 0.454 e. The zero-order chi connectivity index (χ0) is 17.8. The number of thioether (sulfide) groups is 1. The van der Waals surface area contributed by atoms with Crippen LogP contribution in [0.4, 0.5) is 4.79 Å². The number of amides is 2. The van der Waals surface area contributed by atoms with Gasteiger partial charge in [-0.15, -0.1) is 0 Å². The minimum atomic E-state index is -0.938. The van der Waals surface area contributed by atoms with Crippen molar-refractivity contribution < 1.29 is 28.6 Å². The summed E-state index contributed by atoms with van der Waals surface area (Å²) in [5.41, 5.74) is 0.843. The average Bonchev–Trinajstić information content (AvgIpc) is 3.21. The van der Waals surface area contributed by atoms with Crippen molar-refractivity contribution in [2.45, 2.75) is 19.6 Å². The molecule has 1 saturated heterocycles. The van der Waals surface area contributed by atoms with Crippen LogP contribution in [0, 0.1) is 0 Å². The first-order chi connectivity index (χ1) is 12.0. The maximum absolute atomic E-state index is 12.1. The molecule has 0 aromatic heterocycles. The molecule has 8 nitrogen and oxygen atoms in total. The molecular weight excluding hydrogens is 348 g/mol. The van der Waals surface area contributed by atoms with Crippen molar-refractivity contribution in [3.63, 3.8) is 0 Å². The number of esters is 1. The molecule has 2 amide bonds. The molecule has 0 bridgehead atoms. The Balaban J connectivity index is 1.44. The van der Waals surface area contributed by atoms with Gasteiger partial charge >= 0.3 is 5.97 Å². The third kappa shape index (κ3) is 4.36. The Bertz CT molecular complexity index is 695. The van der Waals surface area contributed by atoms with Gasteiger partial charge in [0.25, 0.3) is 11.1 Å². The summed E-state index contributed by atoms with van der Waals surface area (Å²) in [4.78, 5) is 36.7. The van der Waals surface area contributed by atoms with Crippen molar-refractivity contribution in [1.82, 2.24) is 10.2 Å². The van der Waals surface area contributed by atoms with Gasteiger partial charge in [0.05, 0.1) is 0 Å². The molecule has 1 atom stereocenters. The highest BCUT2D eigenvalue weighted by molar-refractivity contribution is 8.13. The number of rotatable bonds is 6. The summed E-state index contributed by atoms with van der Waals surface area (Å²) in [6.45, 7) is 2.34. The molecule has 2 heterocycles. The lowest BCUT2D eigenvalue weighted by Crippen LogP contribution is -2.38. The lowest BCUT2D eigenvalue weighted by molar-refractivity contribution is -0.155. The quantitative estimate of drug-likeness (QED) is 0.754. The van der Waals surface area contributed by atoms with Gasteiger partial charge in [-0.2, -0.15) is 0 Å². The molecule has 0 saturated carbocycles. The Kier molecular flexibility index (Phi) is 5.32. The summed E-state index contributed by atoms with van der Waals surface area (Å²) in [7, 11) is 0. The lowest BCUT2D eigenvalue weighted by atomic mass is 10.2. The number of carbonyl (C=O) groups is 3. The number of benzene rings is 1. The normalized spacial score (nSPS) is 16.7. The van der Waals surface area contributed by atoms with Gasteiger partial charge in [0.1, 0.15) is 6.54 Å². The van der Waals surface area contributed by atoms with E-state index in [0.717, 1.165) is 5.56 Å². The van der Waals surface area contributed by atoms with E-state index in [1.54, 1.807) is 12.1 Å². The molecule has 25 heavy (non-hydrogen) atoms. The highest BCUT2D eigenvalue weighted by Gasteiger charge is 2.26. The van der Waals surface area contributed by atoms with Crippen LogP contribution in [-0.2, 0) is 20.9 Å². The average molecular weight is 366 g/mol. The first kappa shape index (κ1) is 17.4. The second-order valence-corrected chi connectivity index (χ2v) is 6.62. The molecule has 134 valence electrons. The van der Waals surface area contributed by atoms with Crippen LogP contribution < -0.4 is 14.8 Å². The van der Waals surface area contributed by atoms with E-state index in [9.17, 15) is 14.4 Å². The second kappa shape index (κ2) is 7.64. The van der Waals surface area contributed by atoms with Gasteiger partial charge in [0.15, 0.2) is 17.6 Å². The van der Waals surface area contributed by atoms with Crippen LogP contribution in [0.25, 0.3) is 0 Å². The predicted octanol–water partition coefficient (Wildman–Crippen LogP) is 1.13. The number of carbonyl (C=O) groups excluding carboxylic acids is 3. The first-order valence-electron chi connectivity index (χ1n) is 7.80. The van der Waals surface area contributed by atoms with Crippen molar-refractivity contribution >= 4 is 28.9 Å². The first-order valence-corrected chi connectivity index (χ1v) is 8.79. The fourth-order valence-corrected chi connectivity index (χ4v) is 3.22. The van der Waals surface area contributed by atoms with Crippen LogP contribution in [0.15, 0.2) is 18.2 Å². The Labute approximate surface area is 148 Å². The van der Waals surface area contributed by atoms with Gasteiger partial charge in [-0.3, -0.25) is 14.4 Å². The number of fused-ring (bicyclic) bond motifs is 1. The van der Waals surface area contributed by atoms with Crippen molar-refractivity contribution in [3.8, 4) is 11.5 Å². The maximum Gasteiger partial charge on any atom is 0.326 e. The van der Waals surface area contributed by atoms with Crippen LogP contribution >= 0.6 is 11.8 Å². The Hall–Kier alpha value is -2.42. The van der Waals surface area contributed by atoms with Crippen LogP contribution in [-0.4, -0.2) is 53.8 Å². The van der Waals surface area contributed by atoms with E-state index in [1.165, 1.54) is 23.6 Å². The Morgan fingerprint density at radius 1 is 1.36 bits per heavy atom. The number of nitrogens with zero attached hydrogens (tertiary/aromatic N) is 1. The minimum absolute atomic E-state index is 0.133. The zero-order valence-electron chi connectivity index (χ0n) is 13.6. The molecule has 0 radical (unpaired) electrons. The number of nitrogens with one attached hydrogen (secondary N) is 1. The molecule has 2 aliphatic rings. The number of hydrogen-bond acceptors (Lipinski definition) is 7. The van der Waals surface area contributed by atoms with E-state index >= 15 is 0 Å². The van der Waals surface area contributed by atoms with Gasteiger partial charge in [0.2, 0.25) is 6.79 Å². The van der Waals surface area contributed by atoms with E-state index in [2.05, 4.69) is 5.32 Å². The fourth-order valence-electron chi connectivity index (χ4n) is 2.40. The molecular formula is C16H18N2O6S. The van der Waals surface area contributed by atoms with Crippen molar-refractivity contribution in [1.29, 1.82) is 0 Å². The molecule has 0 unspecified atom stereocenters. The monoisotopic (exact) mass is 366 g/mol. The van der Waals surface area contributed by atoms with Crippen LogP contribution in [0.1, 0.15) is 12.5 Å². The minimum Gasteiger partial charge on any atom is -0.454 e. The van der Waals surface area contributed by atoms with Crippen molar-refractivity contribution in [3.05, 3.63) is 23.8 Å². The van der Waals surface area contributed by atoms with Gasteiger partial charge in [-0.25, -0.2) is 0 Å². The van der Waals surface area contributed by atoms with Gasteiger partial charge in [-0.1, -0.05) is 17.8 Å². The molecule has 1 N–H and O–H groups in total. The highest BCUT2D eigenvalue weighted by Crippen LogP contribution is 2.32. The lowest BCUT2D eigenvalue weighted by Gasteiger charge is -2.17. The van der Waals surface area contributed by atoms with E-state index in [-0.39, 0.29) is 25.1 Å². The van der Waals surface area contributed by atoms with E-state index in [1.807, 2.05) is 6.07 Å². The fraction of sp³-hybridized carbons (Fsp3) is 0.438. The van der Waals surface area contributed by atoms with Crippen LogP contribution in [0.5, 0.6) is 11.5 Å². The Morgan fingerprint density at radius 3 is 2.92 bits per heavy atom. The van der Waals surface area contributed by atoms with Crippen molar-refractivity contribution in [2.24, 2.45) is 0 Å². The summed E-state index contributed by atoms with van der Waals surface area (Å²) < 4.78 is 15.6. The molecule has 0 aliphatic carbocycles. The Morgan fingerprint density at radius 2 is 2.16 bits per heavy atom. The maximum atomic E-state index is 12.1. The van der Waals surface area contributed by atoms with Gasteiger partial charge in [-0.05, 0) is 24.6 Å².